The van der Waals surface area contributed by atoms with Crippen LogP contribution in [0.15, 0.2) is 60.9 Å². The summed E-state index contributed by atoms with van der Waals surface area (Å²) in [5.41, 5.74) is 2.17. The van der Waals surface area contributed by atoms with E-state index in [-0.39, 0.29) is 12.1 Å². The molecule has 0 saturated carbocycles. The number of anilines is 2. The zero-order valence-corrected chi connectivity index (χ0v) is 20.8. The van der Waals surface area contributed by atoms with E-state index in [1.54, 1.807) is 16.6 Å². The lowest BCUT2D eigenvalue weighted by molar-refractivity contribution is -0.00177. The van der Waals surface area contributed by atoms with Crippen molar-refractivity contribution in [1.29, 1.82) is 5.26 Å². The quantitative estimate of drug-likeness (QED) is 0.292. The summed E-state index contributed by atoms with van der Waals surface area (Å²) in [6.45, 7) is 2.32. The number of amides is 1. The number of nitriles is 1. The van der Waals surface area contributed by atoms with Crippen LogP contribution in [-0.2, 0) is 0 Å². The maximum Gasteiger partial charge on any atom is 0.255 e. The fourth-order valence-electron chi connectivity index (χ4n) is 3.70. The largest absolute Gasteiger partial charge is 0.387 e. The van der Waals surface area contributed by atoms with Crippen molar-refractivity contribution in [2.45, 2.75) is 25.6 Å². The molecule has 4 aromatic heterocycles. The van der Waals surface area contributed by atoms with E-state index in [0.29, 0.717) is 27.8 Å². The predicted molar refractivity (Wildman–Crippen MR) is 140 cm³/mol. The number of hydrogen-bond acceptors (Lipinski definition) is 8. The number of pyridine rings is 1. The van der Waals surface area contributed by atoms with E-state index in [9.17, 15) is 14.3 Å². The van der Waals surface area contributed by atoms with Gasteiger partial charge in [-0.3, -0.25) is 9.78 Å². The second-order valence-electron chi connectivity index (χ2n) is 8.97. The van der Waals surface area contributed by atoms with Gasteiger partial charge in [0.15, 0.2) is 5.13 Å². The molecule has 0 fully saturated rings. The molecule has 1 aromatic carbocycles. The Morgan fingerprint density at radius 1 is 1.24 bits per heavy atom. The molecular weight excluding hydrogens is 493 g/mol. The van der Waals surface area contributed by atoms with Gasteiger partial charge in [0.05, 0.1) is 62.3 Å². The van der Waals surface area contributed by atoms with Crippen molar-refractivity contribution in [1.82, 2.24) is 24.9 Å². The smallest absolute Gasteiger partial charge is 0.255 e. The summed E-state index contributed by atoms with van der Waals surface area (Å²) in [7, 11) is 0. The van der Waals surface area contributed by atoms with Crippen LogP contribution in [0.25, 0.3) is 27.1 Å². The van der Waals surface area contributed by atoms with Gasteiger partial charge in [-0.2, -0.15) is 10.4 Å². The molecule has 5 rings (SSSR count). The Hall–Kier alpha value is -4.40. The standard InChI is InChI=1S/C26H22FN7O2S/c1-26(2,36)23(27)14-30-24(35)17-13-29-20(21-8-7-16-9-15(11-28)12-31-34(16)21)10-19(17)33-25-32-18-5-3-4-6-22(18)37-25/h3-10,12-13,23,36H,14H2,1-2H3,(H,30,35)(H,29,32,33). The Morgan fingerprint density at radius 2 is 2.05 bits per heavy atom. The van der Waals surface area contributed by atoms with Gasteiger partial charge in [-0.05, 0) is 50.2 Å². The summed E-state index contributed by atoms with van der Waals surface area (Å²) in [4.78, 5) is 22.1. The number of rotatable bonds is 7. The third kappa shape index (κ3) is 4.97. The number of aromatic nitrogens is 4. The lowest BCUT2D eigenvalue weighted by Crippen LogP contribution is -2.42. The fraction of sp³-hybridized carbons (Fsp3) is 0.192. The van der Waals surface area contributed by atoms with E-state index in [1.807, 2.05) is 36.4 Å². The molecule has 1 amide bonds. The number of thiazole rings is 1. The van der Waals surface area contributed by atoms with Crippen LogP contribution < -0.4 is 10.6 Å². The van der Waals surface area contributed by atoms with Gasteiger partial charge in [-0.25, -0.2) is 13.9 Å². The summed E-state index contributed by atoms with van der Waals surface area (Å²) in [5, 5.41) is 29.7. The fourth-order valence-corrected chi connectivity index (χ4v) is 4.58. The number of carbonyl (C=O) groups excluding carboxylic acids is 1. The van der Waals surface area contributed by atoms with Gasteiger partial charge in [0, 0.05) is 6.20 Å². The zero-order chi connectivity index (χ0) is 26.2. The second-order valence-corrected chi connectivity index (χ2v) is 10.0. The van der Waals surface area contributed by atoms with Gasteiger partial charge in [-0.1, -0.05) is 23.5 Å². The Morgan fingerprint density at radius 3 is 2.81 bits per heavy atom. The highest BCUT2D eigenvalue weighted by atomic mass is 32.1. The van der Waals surface area contributed by atoms with Crippen molar-refractivity contribution in [3.8, 4) is 17.5 Å². The van der Waals surface area contributed by atoms with Gasteiger partial charge in [0.2, 0.25) is 0 Å². The van der Waals surface area contributed by atoms with Gasteiger partial charge in [0.1, 0.15) is 12.2 Å². The summed E-state index contributed by atoms with van der Waals surface area (Å²) < 4.78 is 16.9. The van der Waals surface area contributed by atoms with E-state index < -0.39 is 17.7 Å². The molecule has 11 heteroatoms. The maximum atomic E-state index is 14.3. The van der Waals surface area contributed by atoms with E-state index in [4.69, 9.17) is 5.26 Å². The number of carbonyl (C=O) groups is 1. The van der Waals surface area contributed by atoms with E-state index in [1.165, 1.54) is 37.6 Å². The Balaban J connectivity index is 1.53. The number of nitrogens with one attached hydrogen (secondary N) is 2. The first-order valence-electron chi connectivity index (χ1n) is 11.4. The highest BCUT2D eigenvalue weighted by Crippen LogP contribution is 2.31. The lowest BCUT2D eigenvalue weighted by Gasteiger charge is -2.22. The van der Waals surface area contributed by atoms with E-state index in [2.05, 4.69) is 31.8 Å². The summed E-state index contributed by atoms with van der Waals surface area (Å²) >= 11 is 1.43. The number of halogens is 1. The average Bonchev–Trinajstić information content (AvgIpc) is 3.49. The van der Waals surface area contributed by atoms with Crippen LogP contribution in [0.4, 0.5) is 15.2 Å². The minimum absolute atomic E-state index is 0.187. The number of para-hydroxylation sites is 1. The molecule has 1 unspecified atom stereocenters. The van der Waals surface area contributed by atoms with Crippen LogP contribution in [0.2, 0.25) is 0 Å². The molecule has 0 aliphatic carbocycles. The first-order chi connectivity index (χ1) is 17.7. The molecule has 37 heavy (non-hydrogen) atoms. The molecule has 186 valence electrons. The van der Waals surface area contributed by atoms with Crippen molar-refractivity contribution in [3.05, 3.63) is 72.1 Å². The summed E-state index contributed by atoms with van der Waals surface area (Å²) in [6, 6.07) is 16.8. The van der Waals surface area contributed by atoms with Crippen LogP contribution >= 0.6 is 11.3 Å². The molecule has 4 heterocycles. The van der Waals surface area contributed by atoms with Crippen molar-refractivity contribution in [2.24, 2.45) is 0 Å². The number of fused-ring (bicyclic) bond motifs is 2. The molecule has 0 radical (unpaired) electrons. The molecule has 0 aliphatic rings. The van der Waals surface area contributed by atoms with E-state index >= 15 is 0 Å². The normalized spacial score (nSPS) is 12.4. The maximum absolute atomic E-state index is 14.3. The topological polar surface area (TPSA) is 128 Å². The molecular formula is C26H22FN7O2S. The van der Waals surface area contributed by atoms with E-state index in [0.717, 1.165) is 15.7 Å². The van der Waals surface area contributed by atoms with Crippen molar-refractivity contribution in [3.63, 3.8) is 0 Å². The third-order valence-electron chi connectivity index (χ3n) is 5.78. The number of alkyl halides is 1. The molecule has 9 nitrogen and oxygen atoms in total. The third-order valence-corrected chi connectivity index (χ3v) is 6.74. The van der Waals surface area contributed by atoms with Gasteiger partial charge in [0.25, 0.3) is 5.91 Å². The first kappa shape index (κ1) is 24.3. The Bertz CT molecular complexity index is 1630. The van der Waals surface area contributed by atoms with Crippen molar-refractivity contribution >= 4 is 43.8 Å². The van der Waals surface area contributed by atoms with Crippen LogP contribution in [0.3, 0.4) is 0 Å². The first-order valence-corrected chi connectivity index (χ1v) is 12.2. The monoisotopic (exact) mass is 515 g/mol. The zero-order valence-electron chi connectivity index (χ0n) is 19.9. The van der Waals surface area contributed by atoms with Crippen molar-refractivity contribution in [2.75, 3.05) is 11.9 Å². The molecule has 0 aliphatic heterocycles. The average molecular weight is 516 g/mol. The van der Waals surface area contributed by atoms with Crippen LogP contribution in [0.5, 0.6) is 0 Å². The van der Waals surface area contributed by atoms with Gasteiger partial charge < -0.3 is 15.7 Å². The molecule has 0 bridgehead atoms. The molecule has 5 aromatic rings. The number of hydrogen-bond donors (Lipinski definition) is 3. The number of benzene rings is 1. The van der Waals surface area contributed by atoms with Crippen LogP contribution in [-0.4, -0.2) is 48.9 Å². The second kappa shape index (κ2) is 9.57. The SMILES string of the molecule is CC(C)(O)C(F)CNC(=O)c1cnc(-c2ccc3cc(C#N)cnn23)cc1Nc1nc2ccccc2s1. The molecule has 3 N–H and O–H groups in total. The molecule has 0 spiro atoms. The van der Waals surface area contributed by atoms with Gasteiger partial charge >= 0.3 is 0 Å². The van der Waals surface area contributed by atoms with Crippen LogP contribution in [0, 0.1) is 11.3 Å². The Kier molecular flexibility index (Phi) is 6.29. The van der Waals surface area contributed by atoms with Gasteiger partial charge in [-0.15, -0.1) is 0 Å². The minimum atomic E-state index is -1.65. The Labute approximate surface area is 215 Å². The highest BCUT2D eigenvalue weighted by molar-refractivity contribution is 7.22. The number of nitrogens with zero attached hydrogens (tertiary/aromatic N) is 5. The van der Waals surface area contributed by atoms with Crippen molar-refractivity contribution < 1.29 is 14.3 Å². The minimum Gasteiger partial charge on any atom is -0.387 e. The number of aliphatic hydroxyl groups is 1. The van der Waals surface area contributed by atoms with Crippen LogP contribution in [0.1, 0.15) is 29.8 Å². The summed E-state index contributed by atoms with van der Waals surface area (Å²) in [6.07, 6.45) is 1.22. The molecule has 1 atom stereocenters. The highest BCUT2D eigenvalue weighted by Gasteiger charge is 2.27. The summed E-state index contributed by atoms with van der Waals surface area (Å²) in [5.74, 6) is -0.550. The molecule has 0 saturated heterocycles. The lowest BCUT2D eigenvalue weighted by atomic mass is 10.0. The predicted octanol–water partition coefficient (Wildman–Crippen LogP) is 4.46.